The molecular formula is C55H83N3O17S. The largest absolute Gasteiger partial charge is 0.460 e. The Morgan fingerprint density at radius 1 is 0.855 bits per heavy atom. The first-order valence-electron chi connectivity index (χ1n) is 27.1. The van der Waals surface area contributed by atoms with Gasteiger partial charge in [0, 0.05) is 77.5 Å². The minimum absolute atomic E-state index is 0.0138. The summed E-state index contributed by atoms with van der Waals surface area (Å²) in [5.74, 6) is -9.60. The van der Waals surface area contributed by atoms with E-state index < -0.39 is 124 Å². The van der Waals surface area contributed by atoms with Crippen molar-refractivity contribution < 1.29 is 80.9 Å². The second-order valence-corrected chi connectivity index (χ2v) is 24.0. The van der Waals surface area contributed by atoms with Crippen molar-refractivity contribution in [2.45, 2.75) is 179 Å². The second-order valence-electron chi connectivity index (χ2n) is 22.3. The number of ether oxygens (including phenoxy) is 6. The number of fused-ring (bicyclic) bond motifs is 3. The van der Waals surface area contributed by atoms with Crippen LogP contribution in [-0.2, 0) is 62.6 Å². The van der Waals surface area contributed by atoms with Crippen molar-refractivity contribution in [3.8, 4) is 0 Å². The van der Waals surface area contributed by atoms with Gasteiger partial charge in [0.25, 0.3) is 11.7 Å². The number of methoxy groups -OCH3 is 3. The first-order valence-corrected chi connectivity index (χ1v) is 28.5. The van der Waals surface area contributed by atoms with Crippen molar-refractivity contribution in [2.24, 2.45) is 41.4 Å². The number of amides is 2. The van der Waals surface area contributed by atoms with Crippen molar-refractivity contribution in [3.05, 3.63) is 47.6 Å². The smallest absolute Gasteiger partial charge is 0.422 e. The molecule has 426 valence electrons. The van der Waals surface area contributed by atoms with Gasteiger partial charge in [-0.15, -0.1) is 0 Å². The molecule has 0 radical (unpaired) electrons. The van der Waals surface area contributed by atoms with E-state index in [2.05, 4.69) is 0 Å². The number of rotatable bonds is 8. The third kappa shape index (κ3) is 14.5. The van der Waals surface area contributed by atoms with E-state index in [1.165, 1.54) is 19.1 Å². The molecule has 0 spiro atoms. The molecule has 6 aliphatic rings. The predicted octanol–water partition coefficient (Wildman–Crippen LogP) is 4.45. The zero-order valence-electron chi connectivity index (χ0n) is 45.7. The first-order chi connectivity index (χ1) is 35.9. The fourth-order valence-corrected chi connectivity index (χ4v) is 13.4. The van der Waals surface area contributed by atoms with Gasteiger partial charge in [-0.3, -0.25) is 19.2 Å². The molecule has 2 amide bonds. The molecular weight excluding hydrogens is 1010 g/mol. The molecule has 5 fully saturated rings. The minimum atomic E-state index is -4.28. The van der Waals surface area contributed by atoms with Crippen molar-refractivity contribution in [1.29, 1.82) is 0 Å². The zero-order chi connectivity index (χ0) is 55.8. The molecule has 21 heteroatoms. The monoisotopic (exact) mass is 1090 g/mol. The predicted molar refractivity (Wildman–Crippen MR) is 277 cm³/mol. The number of allylic oxidation sites excluding steroid dienone is 6. The average molecular weight is 1090 g/mol. The van der Waals surface area contributed by atoms with Crippen LogP contribution in [0.1, 0.15) is 119 Å². The molecule has 20 nitrogen and oxygen atoms in total. The minimum Gasteiger partial charge on any atom is -0.460 e. The molecule has 4 N–H and O–H groups in total. The quantitative estimate of drug-likeness (QED) is 0.149. The Morgan fingerprint density at radius 3 is 2.26 bits per heavy atom. The summed E-state index contributed by atoms with van der Waals surface area (Å²) in [6, 6.07) is -1.24. The Bertz CT molecular complexity index is 2340. The summed E-state index contributed by atoms with van der Waals surface area (Å²) in [7, 11) is 0.0757. The number of aliphatic hydroxyl groups is 3. The van der Waals surface area contributed by atoms with Gasteiger partial charge in [-0.1, -0.05) is 64.2 Å². The van der Waals surface area contributed by atoms with Crippen LogP contribution in [0.15, 0.2) is 47.6 Å². The highest BCUT2D eigenvalue weighted by Gasteiger charge is 2.57. The third-order valence-electron chi connectivity index (χ3n) is 16.8. The fraction of sp³-hybridized carbons (Fsp3) is 0.745. The molecule has 17 atom stereocenters. The van der Waals surface area contributed by atoms with E-state index in [-0.39, 0.29) is 68.7 Å². The number of esters is 1. The van der Waals surface area contributed by atoms with E-state index in [0.717, 1.165) is 9.88 Å². The number of Topliss-reactive ketones (excluding diaryl/α,β-unsaturated/α-hetero) is 3. The van der Waals surface area contributed by atoms with Gasteiger partial charge in [-0.25, -0.2) is 14.3 Å². The van der Waals surface area contributed by atoms with Crippen LogP contribution in [-0.4, -0.2) is 170 Å². The Hall–Kier alpha value is -4.19. The standard InChI is InChI=1S/C55H83N3O17S/c1-31-14-11-10-12-15-32(2)44(70-7)28-39-19-17-36(6)55(67,75-39)51(63)52(64)58-22-13-16-40-41(26-37-18-20-43(46(27-37)71-8)74-54(66)56-76(68,69)57-23-21-38(59)30-57)45(73-53(65)47(40)58)29-42(60)33(3)25-35(5)49(62)50(72-9)48(61)34(4)24-31/h10-12,14-15,25,31,33-34,36-41,43-47,49-50,59,62,67H,13,16-24,26-30H2,1-9H3,(H,56,66)/b12-10+,14-11+,32-15+,35-25+/t31-,33-,34-,36-,37+,38-,39+,40?,41+,43-,44+,45+,46-,47+,49-,50+,55-/m1/s1. The summed E-state index contributed by atoms with van der Waals surface area (Å²) in [4.78, 5) is 85.9. The van der Waals surface area contributed by atoms with E-state index in [1.54, 1.807) is 40.9 Å². The molecule has 1 unspecified atom stereocenters. The third-order valence-corrected chi connectivity index (χ3v) is 18.3. The highest BCUT2D eigenvalue weighted by molar-refractivity contribution is 7.87. The van der Waals surface area contributed by atoms with Crippen molar-refractivity contribution >= 4 is 45.5 Å². The molecule has 76 heavy (non-hydrogen) atoms. The summed E-state index contributed by atoms with van der Waals surface area (Å²) >= 11 is 0. The highest BCUT2D eigenvalue weighted by atomic mass is 32.2. The number of nitrogens with zero attached hydrogens (tertiary/aromatic N) is 2. The first kappa shape index (κ1) is 61.0. The van der Waals surface area contributed by atoms with E-state index in [0.29, 0.717) is 56.9 Å². The fourth-order valence-electron chi connectivity index (χ4n) is 12.3. The number of nitrogens with one attached hydrogen (secondary N) is 1. The lowest BCUT2D eigenvalue weighted by Crippen LogP contribution is -2.65. The Kier molecular flexibility index (Phi) is 21.4. The molecule has 5 aliphatic heterocycles. The van der Waals surface area contributed by atoms with Gasteiger partial charge < -0.3 is 48.6 Å². The van der Waals surface area contributed by atoms with Crippen LogP contribution in [0.5, 0.6) is 0 Å². The summed E-state index contributed by atoms with van der Waals surface area (Å²) in [6.07, 6.45) is 6.59. The van der Waals surface area contributed by atoms with Gasteiger partial charge in [0.05, 0.1) is 24.4 Å². The van der Waals surface area contributed by atoms with Crippen molar-refractivity contribution in [3.63, 3.8) is 0 Å². The van der Waals surface area contributed by atoms with Gasteiger partial charge in [0.15, 0.2) is 5.78 Å². The maximum Gasteiger partial charge on any atom is 0.422 e. The van der Waals surface area contributed by atoms with Crippen LogP contribution in [0.2, 0.25) is 0 Å². The number of hydrogen-bond acceptors (Lipinski definition) is 17. The average Bonchev–Trinajstić information content (AvgIpc) is 3.84. The highest BCUT2D eigenvalue weighted by Crippen LogP contribution is 2.46. The van der Waals surface area contributed by atoms with Crippen LogP contribution < -0.4 is 4.72 Å². The molecule has 0 aromatic carbocycles. The van der Waals surface area contributed by atoms with E-state index in [4.69, 9.17) is 28.4 Å². The van der Waals surface area contributed by atoms with Crippen molar-refractivity contribution in [2.75, 3.05) is 41.0 Å². The zero-order valence-corrected chi connectivity index (χ0v) is 46.5. The van der Waals surface area contributed by atoms with E-state index in [1.807, 2.05) is 48.9 Å². The Balaban J connectivity index is 1.30. The lowest BCUT2D eigenvalue weighted by molar-refractivity contribution is -0.266. The lowest BCUT2D eigenvalue weighted by atomic mass is 9.68. The topological polar surface area (TPSA) is 271 Å². The Labute approximate surface area is 448 Å². The van der Waals surface area contributed by atoms with E-state index >= 15 is 0 Å². The number of aliphatic hydroxyl groups excluding tert-OH is 2. The molecule has 0 aromatic heterocycles. The summed E-state index contributed by atoms with van der Waals surface area (Å²) < 4.78 is 63.9. The van der Waals surface area contributed by atoms with Crippen LogP contribution in [0.3, 0.4) is 0 Å². The summed E-state index contributed by atoms with van der Waals surface area (Å²) in [6.45, 7) is 10.5. The summed E-state index contributed by atoms with van der Waals surface area (Å²) in [5.41, 5.74) is 1.19. The molecule has 0 aromatic rings. The lowest BCUT2D eigenvalue weighted by Gasteiger charge is -2.50. The van der Waals surface area contributed by atoms with Crippen molar-refractivity contribution in [1.82, 2.24) is 13.9 Å². The van der Waals surface area contributed by atoms with Gasteiger partial charge in [0.2, 0.25) is 5.79 Å². The molecule has 1 aliphatic carbocycles. The number of piperidine rings is 1. The number of carbonyl (C=O) groups excluding carboxylic acids is 6. The normalized spacial score (nSPS) is 40.6. The van der Waals surface area contributed by atoms with Crippen LogP contribution >= 0.6 is 0 Å². The molecule has 5 heterocycles. The van der Waals surface area contributed by atoms with Gasteiger partial charge in [0.1, 0.15) is 36.2 Å². The maximum absolute atomic E-state index is 14.6. The molecule has 4 saturated heterocycles. The maximum atomic E-state index is 14.6. The molecule has 6 bridgehead atoms. The molecule has 1 saturated carbocycles. The van der Waals surface area contributed by atoms with Crippen LogP contribution in [0.25, 0.3) is 0 Å². The van der Waals surface area contributed by atoms with Crippen LogP contribution in [0.4, 0.5) is 4.79 Å². The van der Waals surface area contributed by atoms with Gasteiger partial charge >= 0.3 is 22.3 Å². The number of ketones is 3. The summed E-state index contributed by atoms with van der Waals surface area (Å²) in [5, 5.41) is 33.5. The number of carbonyl (C=O) groups is 6. The SMILES string of the molecule is CO[C@H]1C[C@@H]2CC[C@@H](C)[C@@](O)(O2)C(=O)C(=O)N2CCCC3[C@H]2C(=O)O[C@@H](CC(=O)[C@H](C)/C=C(\C)[C@@H](O)[C@@H](OC)C(=O)[C@H](C)C[C@H](C)/C=C/C=C/C=C/1C)[C@H]3C[C@@H]1CC[C@@H](OC(=O)NS(=O)(=O)N2CC[C@@H](O)C2)[C@H](OC)C1. The Morgan fingerprint density at radius 2 is 1.59 bits per heavy atom. The van der Waals surface area contributed by atoms with Gasteiger partial charge in [-0.2, -0.15) is 12.7 Å². The second kappa shape index (κ2) is 26.6. The van der Waals surface area contributed by atoms with Gasteiger partial charge in [-0.05, 0) is 107 Å². The number of hydrogen-bond donors (Lipinski definition) is 4. The number of β-amino-alcohol motifs (C(OH)–C–C–N with tert-alkyl or cyclic N) is 1. The molecule has 6 rings (SSSR count). The van der Waals surface area contributed by atoms with E-state index in [9.17, 15) is 52.5 Å². The van der Waals surface area contributed by atoms with Crippen LogP contribution in [0, 0.1) is 41.4 Å².